The maximum atomic E-state index is 13.2. The summed E-state index contributed by atoms with van der Waals surface area (Å²) in [5, 5.41) is 12.1. The quantitative estimate of drug-likeness (QED) is 0.697. The molecule has 1 heterocycles. The summed E-state index contributed by atoms with van der Waals surface area (Å²) in [6.07, 6.45) is -0.296. The van der Waals surface area contributed by atoms with Crippen molar-refractivity contribution in [2.45, 2.75) is 38.6 Å². The van der Waals surface area contributed by atoms with Gasteiger partial charge in [-0.1, -0.05) is 62.4 Å². The van der Waals surface area contributed by atoms with Crippen LogP contribution < -0.4 is 5.32 Å². The molecule has 1 fully saturated rings. The zero-order chi connectivity index (χ0) is 23.8. The number of carbonyl (C=O) groups is 3. The Labute approximate surface area is 193 Å². The molecule has 7 heteroatoms. The molecule has 174 valence electrons. The lowest BCUT2D eigenvalue weighted by atomic mass is 9.97. The molecule has 7 nitrogen and oxygen atoms in total. The van der Waals surface area contributed by atoms with E-state index in [4.69, 9.17) is 4.74 Å². The standard InChI is InChI=1S/C26H30N2O5/c1-4-26(3,24(31)28-13-16(2)21(14-28)23(29)30)27-25(32)33-15-22-19-11-7-5-9-17(19)18-10-6-8-12-20(18)22/h5-12,16,21-22H,4,13-15H2,1-3H3,(H,27,32)(H,29,30)/t16-,21-,26?/m1/s1. The van der Waals surface area contributed by atoms with Gasteiger partial charge in [-0.05, 0) is 41.5 Å². The highest BCUT2D eigenvalue weighted by Crippen LogP contribution is 2.44. The minimum Gasteiger partial charge on any atom is -0.481 e. The van der Waals surface area contributed by atoms with Gasteiger partial charge in [0.2, 0.25) is 5.91 Å². The Balaban J connectivity index is 1.43. The van der Waals surface area contributed by atoms with E-state index in [9.17, 15) is 19.5 Å². The Bertz CT molecular complexity index is 1040. The van der Waals surface area contributed by atoms with Crippen molar-refractivity contribution in [1.82, 2.24) is 10.2 Å². The Morgan fingerprint density at radius 1 is 1.06 bits per heavy atom. The van der Waals surface area contributed by atoms with Crippen LogP contribution in [0, 0.1) is 11.8 Å². The van der Waals surface area contributed by atoms with Crippen LogP contribution in [0.5, 0.6) is 0 Å². The second-order valence-corrected chi connectivity index (χ2v) is 9.27. The topological polar surface area (TPSA) is 95.9 Å². The molecule has 0 aromatic heterocycles. The van der Waals surface area contributed by atoms with Crippen molar-refractivity contribution >= 4 is 18.0 Å². The highest BCUT2D eigenvalue weighted by Gasteiger charge is 2.44. The zero-order valence-corrected chi connectivity index (χ0v) is 19.2. The summed E-state index contributed by atoms with van der Waals surface area (Å²) in [6.45, 7) is 5.98. The molecular weight excluding hydrogens is 420 g/mol. The van der Waals surface area contributed by atoms with E-state index in [1.54, 1.807) is 6.92 Å². The second-order valence-electron chi connectivity index (χ2n) is 9.27. The number of carbonyl (C=O) groups excluding carboxylic acids is 2. The van der Waals surface area contributed by atoms with Gasteiger partial charge in [0.25, 0.3) is 0 Å². The molecule has 2 amide bonds. The smallest absolute Gasteiger partial charge is 0.408 e. The number of alkyl carbamates (subject to hydrolysis) is 1. The molecule has 3 atom stereocenters. The van der Waals surface area contributed by atoms with Crippen LogP contribution in [0.25, 0.3) is 11.1 Å². The van der Waals surface area contributed by atoms with E-state index in [0.29, 0.717) is 13.0 Å². The lowest BCUT2D eigenvalue weighted by Crippen LogP contribution is -2.57. The SMILES string of the molecule is CCC(C)(NC(=O)OCC1c2ccccc2-c2ccccc21)C(=O)N1C[C@@H](C)[C@H](C(=O)O)C1. The average Bonchev–Trinajstić information content (AvgIpc) is 3.35. The summed E-state index contributed by atoms with van der Waals surface area (Å²) in [6, 6.07) is 16.2. The first kappa shape index (κ1) is 22.8. The maximum Gasteiger partial charge on any atom is 0.408 e. The molecule has 0 radical (unpaired) electrons. The number of carboxylic acid groups (broad SMARTS) is 1. The minimum atomic E-state index is -1.17. The molecule has 1 aliphatic carbocycles. The maximum absolute atomic E-state index is 13.2. The molecule has 2 aromatic rings. The summed E-state index contributed by atoms with van der Waals surface area (Å²) < 4.78 is 5.62. The summed E-state index contributed by atoms with van der Waals surface area (Å²) in [5.74, 6) is -1.98. The van der Waals surface area contributed by atoms with Gasteiger partial charge in [-0.25, -0.2) is 4.79 Å². The molecule has 0 spiro atoms. The molecule has 0 bridgehead atoms. The largest absolute Gasteiger partial charge is 0.481 e. The number of likely N-dealkylation sites (tertiary alicyclic amines) is 1. The number of hydrogen-bond acceptors (Lipinski definition) is 4. The number of nitrogens with zero attached hydrogens (tertiary/aromatic N) is 1. The predicted molar refractivity (Wildman–Crippen MR) is 124 cm³/mol. The van der Waals surface area contributed by atoms with Crippen molar-refractivity contribution in [2.75, 3.05) is 19.7 Å². The summed E-state index contributed by atoms with van der Waals surface area (Å²) in [4.78, 5) is 38.9. The van der Waals surface area contributed by atoms with Gasteiger partial charge in [0, 0.05) is 19.0 Å². The third-order valence-corrected chi connectivity index (χ3v) is 7.12. The Kier molecular flexibility index (Phi) is 6.15. The van der Waals surface area contributed by atoms with Crippen molar-refractivity contribution in [3.63, 3.8) is 0 Å². The van der Waals surface area contributed by atoms with E-state index in [0.717, 1.165) is 22.3 Å². The van der Waals surface area contributed by atoms with E-state index in [-0.39, 0.29) is 30.9 Å². The van der Waals surface area contributed by atoms with Crippen LogP contribution in [0.15, 0.2) is 48.5 Å². The second kappa shape index (κ2) is 8.89. The highest BCUT2D eigenvalue weighted by atomic mass is 16.5. The van der Waals surface area contributed by atoms with Gasteiger partial charge in [0.1, 0.15) is 12.1 Å². The Morgan fingerprint density at radius 3 is 2.15 bits per heavy atom. The number of amides is 2. The fourth-order valence-electron chi connectivity index (χ4n) is 4.96. The Hall–Kier alpha value is -3.35. The van der Waals surface area contributed by atoms with Crippen molar-refractivity contribution in [3.8, 4) is 11.1 Å². The van der Waals surface area contributed by atoms with E-state index in [2.05, 4.69) is 17.4 Å². The first-order valence-electron chi connectivity index (χ1n) is 11.4. The van der Waals surface area contributed by atoms with E-state index < -0.39 is 23.5 Å². The minimum absolute atomic E-state index is 0.0671. The van der Waals surface area contributed by atoms with Crippen LogP contribution in [-0.2, 0) is 14.3 Å². The van der Waals surface area contributed by atoms with Gasteiger partial charge in [-0.15, -0.1) is 0 Å². The van der Waals surface area contributed by atoms with Gasteiger partial charge in [0.05, 0.1) is 5.92 Å². The molecule has 33 heavy (non-hydrogen) atoms. The number of rotatable bonds is 6. The number of benzene rings is 2. The van der Waals surface area contributed by atoms with Crippen molar-refractivity contribution < 1.29 is 24.2 Å². The first-order valence-corrected chi connectivity index (χ1v) is 11.4. The number of fused-ring (bicyclic) bond motifs is 3. The summed E-state index contributed by atoms with van der Waals surface area (Å²) >= 11 is 0. The van der Waals surface area contributed by atoms with Crippen LogP contribution in [0.2, 0.25) is 0 Å². The lowest BCUT2D eigenvalue weighted by molar-refractivity contribution is -0.142. The van der Waals surface area contributed by atoms with Gasteiger partial charge in [-0.3, -0.25) is 9.59 Å². The molecule has 1 saturated heterocycles. The fourth-order valence-corrected chi connectivity index (χ4v) is 4.96. The normalized spacial score (nSPS) is 21.1. The van der Waals surface area contributed by atoms with Gasteiger partial charge in [0.15, 0.2) is 0 Å². The summed E-state index contributed by atoms with van der Waals surface area (Å²) in [7, 11) is 0. The monoisotopic (exact) mass is 450 g/mol. The van der Waals surface area contributed by atoms with Gasteiger partial charge in [-0.2, -0.15) is 0 Å². The highest BCUT2D eigenvalue weighted by molar-refractivity contribution is 5.90. The number of nitrogens with one attached hydrogen (secondary N) is 1. The van der Waals surface area contributed by atoms with Crippen LogP contribution in [-0.4, -0.2) is 53.2 Å². The molecule has 2 N–H and O–H groups in total. The van der Waals surface area contributed by atoms with Crippen molar-refractivity contribution in [2.24, 2.45) is 11.8 Å². The zero-order valence-electron chi connectivity index (χ0n) is 19.2. The third-order valence-electron chi connectivity index (χ3n) is 7.12. The molecule has 2 aromatic carbocycles. The number of carboxylic acids is 1. The van der Waals surface area contributed by atoms with Crippen LogP contribution in [0.4, 0.5) is 4.79 Å². The van der Waals surface area contributed by atoms with E-state index in [1.807, 2.05) is 50.2 Å². The van der Waals surface area contributed by atoms with Crippen LogP contribution in [0.3, 0.4) is 0 Å². The molecule has 0 saturated carbocycles. The number of aliphatic carboxylic acids is 1. The third kappa shape index (κ3) is 4.19. The molecule has 4 rings (SSSR count). The van der Waals surface area contributed by atoms with Gasteiger partial charge >= 0.3 is 12.1 Å². The Morgan fingerprint density at radius 2 is 1.64 bits per heavy atom. The lowest BCUT2D eigenvalue weighted by Gasteiger charge is -2.32. The number of ether oxygens (including phenoxy) is 1. The van der Waals surface area contributed by atoms with Crippen LogP contribution in [0.1, 0.15) is 44.2 Å². The van der Waals surface area contributed by atoms with Crippen molar-refractivity contribution in [1.29, 1.82) is 0 Å². The number of hydrogen-bond donors (Lipinski definition) is 2. The summed E-state index contributed by atoms with van der Waals surface area (Å²) in [5.41, 5.74) is 3.35. The van der Waals surface area contributed by atoms with Gasteiger partial charge < -0.3 is 20.1 Å². The predicted octanol–water partition coefficient (Wildman–Crippen LogP) is 3.87. The first-order chi connectivity index (χ1) is 15.7. The average molecular weight is 451 g/mol. The van der Waals surface area contributed by atoms with E-state index in [1.165, 1.54) is 4.90 Å². The molecule has 1 aliphatic heterocycles. The van der Waals surface area contributed by atoms with Crippen LogP contribution >= 0.6 is 0 Å². The molecule has 1 unspecified atom stereocenters. The van der Waals surface area contributed by atoms with Crippen molar-refractivity contribution in [3.05, 3.63) is 59.7 Å². The fraction of sp³-hybridized carbons (Fsp3) is 0.423. The molecular formula is C26H30N2O5. The van der Waals surface area contributed by atoms with E-state index >= 15 is 0 Å². The molecule has 2 aliphatic rings.